The van der Waals surface area contributed by atoms with E-state index in [2.05, 4.69) is 29.2 Å². The molecular weight excluding hydrogens is 280 g/mol. The minimum Gasteiger partial charge on any atom is -0.383 e. The second-order valence-corrected chi connectivity index (χ2v) is 6.76. The van der Waals surface area contributed by atoms with Gasteiger partial charge in [0.2, 0.25) is 5.91 Å². The SMILES string of the molecule is COC[C@@H]1C[C@H](n2cc(NC(=O)C3CC3)cn2)CN1C(C)C. The van der Waals surface area contributed by atoms with Gasteiger partial charge in [-0.25, -0.2) is 0 Å². The van der Waals surface area contributed by atoms with E-state index in [1.807, 2.05) is 10.9 Å². The number of amides is 1. The summed E-state index contributed by atoms with van der Waals surface area (Å²) < 4.78 is 7.35. The van der Waals surface area contributed by atoms with Crippen molar-refractivity contribution >= 4 is 11.6 Å². The topological polar surface area (TPSA) is 59.4 Å². The van der Waals surface area contributed by atoms with Gasteiger partial charge in [-0.15, -0.1) is 0 Å². The first-order valence-electron chi connectivity index (χ1n) is 8.18. The quantitative estimate of drug-likeness (QED) is 0.872. The molecule has 3 rings (SSSR count). The van der Waals surface area contributed by atoms with E-state index in [0.29, 0.717) is 18.1 Å². The summed E-state index contributed by atoms with van der Waals surface area (Å²) >= 11 is 0. The predicted octanol–water partition coefficient (Wildman–Crippen LogP) is 1.90. The van der Waals surface area contributed by atoms with Crippen LogP contribution in [0.5, 0.6) is 0 Å². The van der Waals surface area contributed by atoms with Crippen LogP contribution < -0.4 is 5.32 Å². The third kappa shape index (κ3) is 3.33. The van der Waals surface area contributed by atoms with E-state index in [0.717, 1.165) is 38.1 Å². The van der Waals surface area contributed by atoms with Crippen molar-refractivity contribution in [3.8, 4) is 0 Å². The Morgan fingerprint density at radius 3 is 2.91 bits per heavy atom. The molecule has 0 bridgehead atoms. The Morgan fingerprint density at radius 1 is 1.50 bits per heavy atom. The number of ether oxygens (including phenoxy) is 1. The van der Waals surface area contributed by atoms with Gasteiger partial charge in [0.15, 0.2) is 0 Å². The highest BCUT2D eigenvalue weighted by atomic mass is 16.5. The molecule has 1 N–H and O–H groups in total. The van der Waals surface area contributed by atoms with Crippen LogP contribution in [0, 0.1) is 5.92 Å². The third-order valence-corrected chi connectivity index (χ3v) is 4.65. The maximum absolute atomic E-state index is 11.8. The molecule has 0 radical (unpaired) electrons. The van der Waals surface area contributed by atoms with E-state index in [1.165, 1.54) is 0 Å². The fourth-order valence-electron chi connectivity index (χ4n) is 3.29. The van der Waals surface area contributed by atoms with Crippen LogP contribution in [-0.2, 0) is 9.53 Å². The molecule has 22 heavy (non-hydrogen) atoms. The maximum Gasteiger partial charge on any atom is 0.227 e. The molecule has 1 amide bonds. The Kier molecular flexibility index (Phi) is 4.49. The number of nitrogens with zero attached hydrogens (tertiary/aromatic N) is 3. The zero-order valence-corrected chi connectivity index (χ0v) is 13.7. The summed E-state index contributed by atoms with van der Waals surface area (Å²) in [4.78, 5) is 14.3. The van der Waals surface area contributed by atoms with Crippen molar-refractivity contribution in [3.05, 3.63) is 12.4 Å². The smallest absolute Gasteiger partial charge is 0.227 e. The molecule has 1 aliphatic heterocycles. The number of carbonyl (C=O) groups excluding carboxylic acids is 1. The van der Waals surface area contributed by atoms with E-state index >= 15 is 0 Å². The Bertz CT molecular complexity index is 524. The molecule has 6 heteroatoms. The minimum absolute atomic E-state index is 0.132. The van der Waals surface area contributed by atoms with Gasteiger partial charge in [-0.3, -0.25) is 14.4 Å². The van der Waals surface area contributed by atoms with Crippen molar-refractivity contribution in [2.24, 2.45) is 5.92 Å². The van der Waals surface area contributed by atoms with Crippen molar-refractivity contribution in [1.29, 1.82) is 0 Å². The molecule has 1 saturated carbocycles. The fourth-order valence-corrected chi connectivity index (χ4v) is 3.29. The van der Waals surface area contributed by atoms with Crippen LogP contribution in [0.25, 0.3) is 0 Å². The molecule has 1 saturated heterocycles. The highest BCUT2D eigenvalue weighted by Gasteiger charge is 2.35. The average Bonchev–Trinajstić information content (AvgIpc) is 3.09. The van der Waals surface area contributed by atoms with Crippen molar-refractivity contribution in [3.63, 3.8) is 0 Å². The third-order valence-electron chi connectivity index (χ3n) is 4.65. The number of hydrogen-bond donors (Lipinski definition) is 1. The van der Waals surface area contributed by atoms with Gasteiger partial charge in [0, 0.05) is 37.9 Å². The lowest BCUT2D eigenvalue weighted by Crippen LogP contribution is -2.38. The summed E-state index contributed by atoms with van der Waals surface area (Å²) in [5, 5.41) is 7.41. The van der Waals surface area contributed by atoms with Crippen LogP contribution >= 0.6 is 0 Å². The molecule has 2 atom stereocenters. The second kappa shape index (κ2) is 6.38. The molecule has 0 spiro atoms. The predicted molar refractivity (Wildman–Crippen MR) is 84.7 cm³/mol. The van der Waals surface area contributed by atoms with Crippen LogP contribution in [0.15, 0.2) is 12.4 Å². The van der Waals surface area contributed by atoms with Crippen molar-refractivity contribution in [2.75, 3.05) is 25.6 Å². The van der Waals surface area contributed by atoms with Crippen LogP contribution in [-0.4, -0.2) is 52.9 Å². The van der Waals surface area contributed by atoms with Gasteiger partial charge in [-0.1, -0.05) is 0 Å². The summed E-state index contributed by atoms with van der Waals surface area (Å²) in [6.45, 7) is 6.16. The summed E-state index contributed by atoms with van der Waals surface area (Å²) in [5.74, 6) is 0.351. The first-order chi connectivity index (χ1) is 10.6. The van der Waals surface area contributed by atoms with E-state index in [1.54, 1.807) is 13.3 Å². The van der Waals surface area contributed by atoms with Crippen molar-refractivity contribution in [2.45, 2.75) is 51.2 Å². The number of anilines is 1. The number of nitrogens with one attached hydrogen (secondary N) is 1. The zero-order valence-electron chi connectivity index (χ0n) is 13.7. The number of rotatable bonds is 6. The summed E-state index contributed by atoms with van der Waals surface area (Å²) in [5.41, 5.74) is 0.809. The van der Waals surface area contributed by atoms with Gasteiger partial charge in [0.25, 0.3) is 0 Å². The number of aromatic nitrogens is 2. The molecule has 2 aliphatic rings. The number of likely N-dealkylation sites (tertiary alicyclic amines) is 1. The average molecular weight is 306 g/mol. The lowest BCUT2D eigenvalue weighted by atomic mass is 10.2. The molecule has 2 heterocycles. The van der Waals surface area contributed by atoms with Crippen molar-refractivity contribution in [1.82, 2.24) is 14.7 Å². The summed E-state index contributed by atoms with van der Waals surface area (Å²) in [6.07, 6.45) is 6.78. The number of methoxy groups -OCH3 is 1. The first-order valence-corrected chi connectivity index (χ1v) is 8.18. The van der Waals surface area contributed by atoms with Gasteiger partial charge in [-0.05, 0) is 33.1 Å². The fraction of sp³-hybridized carbons (Fsp3) is 0.750. The molecule has 1 aliphatic carbocycles. The standard InChI is InChI=1S/C16H26N4O2/c1-11(2)19-9-14(6-15(19)10-22-3)20-8-13(7-17-20)18-16(21)12-4-5-12/h7-8,11-12,14-15H,4-6,9-10H2,1-3H3,(H,18,21)/t14-,15-/m0/s1. The number of carbonyl (C=O) groups is 1. The van der Waals surface area contributed by atoms with Gasteiger partial charge < -0.3 is 10.1 Å². The molecule has 0 aromatic carbocycles. The van der Waals surface area contributed by atoms with E-state index in [4.69, 9.17) is 4.74 Å². The minimum atomic E-state index is 0.132. The zero-order chi connectivity index (χ0) is 15.7. The molecule has 0 unspecified atom stereocenters. The van der Waals surface area contributed by atoms with Crippen LogP contribution in [0.3, 0.4) is 0 Å². The summed E-state index contributed by atoms with van der Waals surface area (Å²) in [6, 6.07) is 1.27. The highest BCUT2D eigenvalue weighted by Crippen LogP contribution is 2.31. The lowest BCUT2D eigenvalue weighted by Gasteiger charge is -2.27. The molecule has 6 nitrogen and oxygen atoms in total. The Hall–Kier alpha value is -1.40. The highest BCUT2D eigenvalue weighted by molar-refractivity contribution is 5.93. The van der Waals surface area contributed by atoms with E-state index in [9.17, 15) is 4.79 Å². The maximum atomic E-state index is 11.8. The summed E-state index contributed by atoms with van der Waals surface area (Å²) in [7, 11) is 1.76. The Balaban J connectivity index is 1.64. The number of hydrogen-bond acceptors (Lipinski definition) is 4. The van der Waals surface area contributed by atoms with E-state index in [-0.39, 0.29) is 11.8 Å². The monoisotopic (exact) mass is 306 g/mol. The molecule has 2 fully saturated rings. The Morgan fingerprint density at radius 2 is 2.27 bits per heavy atom. The normalized spacial score (nSPS) is 25.8. The molecular formula is C16H26N4O2. The van der Waals surface area contributed by atoms with Crippen LogP contribution in [0.4, 0.5) is 5.69 Å². The van der Waals surface area contributed by atoms with Crippen LogP contribution in [0.2, 0.25) is 0 Å². The Labute approximate surface area is 131 Å². The first kappa shape index (κ1) is 15.5. The molecule has 122 valence electrons. The van der Waals surface area contributed by atoms with E-state index < -0.39 is 0 Å². The lowest BCUT2D eigenvalue weighted by molar-refractivity contribution is -0.117. The molecule has 1 aromatic heterocycles. The van der Waals surface area contributed by atoms with Gasteiger partial charge >= 0.3 is 0 Å². The van der Waals surface area contributed by atoms with Gasteiger partial charge in [-0.2, -0.15) is 5.10 Å². The molecule has 1 aromatic rings. The largest absolute Gasteiger partial charge is 0.383 e. The van der Waals surface area contributed by atoms with Gasteiger partial charge in [0.05, 0.1) is 24.5 Å². The van der Waals surface area contributed by atoms with Crippen LogP contribution in [0.1, 0.15) is 39.2 Å². The second-order valence-electron chi connectivity index (χ2n) is 6.76. The van der Waals surface area contributed by atoms with Gasteiger partial charge in [0.1, 0.15) is 0 Å². The van der Waals surface area contributed by atoms with Crippen molar-refractivity contribution < 1.29 is 9.53 Å².